The number of nitrogens with zero attached hydrogens (tertiary/aromatic N) is 7. The Morgan fingerprint density at radius 2 is 2.07 bits per heavy atom. The number of nitrogen functional groups attached to an aromatic ring is 1. The fourth-order valence-electron chi connectivity index (χ4n) is 4.16. The Labute approximate surface area is 163 Å². The second-order valence-electron chi connectivity index (χ2n) is 8.23. The number of aromatic nitrogens is 6. The highest BCUT2D eigenvalue weighted by atomic mass is 16.5. The lowest BCUT2D eigenvalue weighted by Crippen LogP contribution is -2.49. The Hall–Kier alpha value is -2.81. The molecule has 2 atom stereocenters. The first-order valence-electron chi connectivity index (χ1n) is 9.67. The molecule has 2 fully saturated rings. The van der Waals surface area contributed by atoms with Crippen molar-refractivity contribution >= 4 is 22.9 Å². The summed E-state index contributed by atoms with van der Waals surface area (Å²) in [6.45, 7) is 7.97. The number of imidazole rings is 1. The van der Waals surface area contributed by atoms with E-state index in [0.29, 0.717) is 23.2 Å². The van der Waals surface area contributed by atoms with Crippen molar-refractivity contribution in [3.8, 4) is 11.4 Å². The normalized spacial score (nSPS) is 24.4. The predicted molar refractivity (Wildman–Crippen MR) is 106 cm³/mol. The van der Waals surface area contributed by atoms with Gasteiger partial charge in [0, 0.05) is 19.1 Å². The summed E-state index contributed by atoms with van der Waals surface area (Å²) in [5, 5.41) is 0. The highest BCUT2D eigenvalue weighted by Gasteiger charge is 2.43. The maximum absolute atomic E-state index is 6.15. The van der Waals surface area contributed by atoms with Crippen molar-refractivity contribution < 1.29 is 4.74 Å². The van der Waals surface area contributed by atoms with Crippen molar-refractivity contribution in [1.29, 1.82) is 0 Å². The van der Waals surface area contributed by atoms with Gasteiger partial charge in [-0.05, 0) is 33.6 Å². The SMILES string of the molecule is CC(C)n1cnc2c(-c3cnc(N)cn3)nc(N3CC4CCC(C)(C3)O4)nc21. The van der Waals surface area contributed by atoms with E-state index < -0.39 is 0 Å². The van der Waals surface area contributed by atoms with Crippen molar-refractivity contribution in [2.24, 2.45) is 0 Å². The lowest BCUT2D eigenvalue weighted by Gasteiger charge is -2.38. The van der Waals surface area contributed by atoms with Gasteiger partial charge in [-0.25, -0.2) is 19.9 Å². The Bertz CT molecular complexity index is 1030. The van der Waals surface area contributed by atoms with Crippen LogP contribution in [0, 0.1) is 0 Å². The molecular weight excluding hydrogens is 356 g/mol. The van der Waals surface area contributed by atoms with Gasteiger partial charge >= 0.3 is 0 Å². The average Bonchev–Trinajstić information content (AvgIpc) is 3.21. The number of hydrogen-bond donors (Lipinski definition) is 1. The monoisotopic (exact) mass is 380 g/mol. The van der Waals surface area contributed by atoms with Gasteiger partial charge < -0.3 is 19.9 Å². The molecule has 0 spiro atoms. The van der Waals surface area contributed by atoms with Crippen LogP contribution in [0.4, 0.5) is 11.8 Å². The molecule has 3 aromatic rings. The minimum atomic E-state index is -0.138. The van der Waals surface area contributed by atoms with E-state index in [1.54, 1.807) is 12.4 Å². The van der Waals surface area contributed by atoms with Crippen LogP contribution in [0.1, 0.15) is 39.7 Å². The molecule has 0 radical (unpaired) electrons. The molecule has 0 aliphatic carbocycles. The maximum atomic E-state index is 6.15. The van der Waals surface area contributed by atoms with Crippen LogP contribution < -0.4 is 10.6 Å². The molecule has 9 heteroatoms. The molecule has 28 heavy (non-hydrogen) atoms. The summed E-state index contributed by atoms with van der Waals surface area (Å²) in [5.41, 5.74) is 8.41. The standard InChI is InChI=1S/C19H24N8O/c1-11(2)27-10-23-16-15(13-6-22-14(20)7-21-13)24-18(25-17(16)27)26-8-12-4-5-19(3,9-26)28-12/h6-7,10-12H,4-5,8-9H2,1-3H3,(H2,20,22). The fraction of sp³-hybridized carbons (Fsp3) is 0.526. The van der Waals surface area contributed by atoms with E-state index in [9.17, 15) is 0 Å². The van der Waals surface area contributed by atoms with E-state index in [-0.39, 0.29) is 17.7 Å². The maximum Gasteiger partial charge on any atom is 0.228 e. The van der Waals surface area contributed by atoms with Crippen LogP contribution in [0.3, 0.4) is 0 Å². The van der Waals surface area contributed by atoms with Gasteiger partial charge in [-0.2, -0.15) is 4.98 Å². The number of morpholine rings is 1. The minimum Gasteiger partial charge on any atom is -0.382 e. The zero-order valence-corrected chi connectivity index (χ0v) is 16.3. The molecule has 2 aliphatic heterocycles. The van der Waals surface area contributed by atoms with Crippen LogP contribution in [-0.2, 0) is 4.74 Å². The summed E-state index contributed by atoms with van der Waals surface area (Å²) < 4.78 is 8.21. The first-order valence-corrected chi connectivity index (χ1v) is 9.67. The smallest absolute Gasteiger partial charge is 0.228 e. The fourth-order valence-corrected chi connectivity index (χ4v) is 4.16. The largest absolute Gasteiger partial charge is 0.382 e. The number of nitrogens with two attached hydrogens (primary N) is 1. The van der Waals surface area contributed by atoms with Gasteiger partial charge in [-0.3, -0.25) is 0 Å². The topological polar surface area (TPSA) is 108 Å². The van der Waals surface area contributed by atoms with E-state index >= 15 is 0 Å². The van der Waals surface area contributed by atoms with Crippen LogP contribution >= 0.6 is 0 Å². The van der Waals surface area contributed by atoms with Crippen molar-refractivity contribution in [1.82, 2.24) is 29.5 Å². The quantitative estimate of drug-likeness (QED) is 0.737. The molecule has 2 saturated heterocycles. The molecule has 0 amide bonds. The summed E-state index contributed by atoms with van der Waals surface area (Å²) in [7, 11) is 0. The number of fused-ring (bicyclic) bond motifs is 3. The van der Waals surface area contributed by atoms with Crippen LogP contribution in [-0.4, -0.2) is 54.3 Å². The van der Waals surface area contributed by atoms with E-state index in [4.69, 9.17) is 20.4 Å². The molecule has 5 heterocycles. The third-order valence-electron chi connectivity index (χ3n) is 5.56. The molecule has 146 valence electrons. The molecule has 9 nitrogen and oxygen atoms in total. The first-order chi connectivity index (χ1) is 13.4. The van der Waals surface area contributed by atoms with E-state index in [1.165, 1.54) is 0 Å². The molecule has 2 unspecified atom stereocenters. The lowest BCUT2D eigenvalue weighted by atomic mass is 10.0. The Morgan fingerprint density at radius 3 is 2.79 bits per heavy atom. The zero-order valence-electron chi connectivity index (χ0n) is 16.3. The van der Waals surface area contributed by atoms with Crippen molar-refractivity contribution in [3.63, 3.8) is 0 Å². The highest BCUT2D eigenvalue weighted by Crippen LogP contribution is 2.37. The van der Waals surface area contributed by atoms with Crippen LogP contribution in [0.2, 0.25) is 0 Å². The van der Waals surface area contributed by atoms with Gasteiger partial charge in [0.05, 0.1) is 30.4 Å². The van der Waals surface area contributed by atoms with Gasteiger partial charge in [-0.1, -0.05) is 0 Å². The summed E-state index contributed by atoms with van der Waals surface area (Å²) in [5.74, 6) is 1.06. The molecule has 2 aliphatic rings. The van der Waals surface area contributed by atoms with Crippen LogP contribution in [0.15, 0.2) is 18.7 Å². The van der Waals surface area contributed by atoms with E-state index in [1.807, 2.05) is 6.33 Å². The van der Waals surface area contributed by atoms with Gasteiger partial charge in [-0.15, -0.1) is 0 Å². The molecule has 0 saturated carbocycles. The molecular formula is C19H24N8O. The van der Waals surface area contributed by atoms with Gasteiger partial charge in [0.25, 0.3) is 0 Å². The predicted octanol–water partition coefficient (Wildman–Crippen LogP) is 2.20. The van der Waals surface area contributed by atoms with E-state index in [2.05, 4.69) is 45.2 Å². The minimum absolute atomic E-state index is 0.138. The number of hydrogen-bond acceptors (Lipinski definition) is 8. The average molecular weight is 380 g/mol. The number of anilines is 2. The van der Waals surface area contributed by atoms with E-state index in [0.717, 1.165) is 37.1 Å². The molecule has 2 N–H and O–H groups in total. The van der Waals surface area contributed by atoms with Crippen molar-refractivity contribution in [2.45, 2.75) is 51.4 Å². The van der Waals surface area contributed by atoms with Crippen molar-refractivity contribution in [3.05, 3.63) is 18.7 Å². The highest BCUT2D eigenvalue weighted by molar-refractivity contribution is 5.87. The Kier molecular flexibility index (Phi) is 3.77. The first kappa shape index (κ1) is 17.3. The lowest BCUT2D eigenvalue weighted by molar-refractivity contribution is -0.0409. The Balaban J connectivity index is 1.67. The second kappa shape index (κ2) is 6.10. The summed E-state index contributed by atoms with van der Waals surface area (Å²) >= 11 is 0. The zero-order chi connectivity index (χ0) is 19.5. The molecule has 3 aromatic heterocycles. The second-order valence-corrected chi connectivity index (χ2v) is 8.23. The summed E-state index contributed by atoms with van der Waals surface area (Å²) in [6.07, 6.45) is 7.36. The third kappa shape index (κ3) is 2.77. The van der Waals surface area contributed by atoms with Gasteiger partial charge in [0.15, 0.2) is 5.65 Å². The van der Waals surface area contributed by atoms with Crippen LogP contribution in [0.5, 0.6) is 0 Å². The third-order valence-corrected chi connectivity index (χ3v) is 5.56. The molecule has 5 rings (SSSR count). The summed E-state index contributed by atoms with van der Waals surface area (Å²) in [4.78, 5) is 25.2. The van der Waals surface area contributed by atoms with Crippen molar-refractivity contribution in [2.75, 3.05) is 23.7 Å². The Morgan fingerprint density at radius 1 is 1.21 bits per heavy atom. The van der Waals surface area contributed by atoms with Crippen LogP contribution in [0.25, 0.3) is 22.6 Å². The van der Waals surface area contributed by atoms with Gasteiger partial charge in [0.2, 0.25) is 5.95 Å². The molecule has 0 aromatic carbocycles. The van der Waals surface area contributed by atoms with Gasteiger partial charge in [0.1, 0.15) is 22.7 Å². The number of ether oxygens (including phenoxy) is 1. The summed E-state index contributed by atoms with van der Waals surface area (Å²) in [6, 6.07) is 0.233. The molecule has 2 bridgehead atoms. The number of rotatable bonds is 3.